The van der Waals surface area contributed by atoms with Gasteiger partial charge in [0.05, 0.1) is 0 Å². The van der Waals surface area contributed by atoms with E-state index in [4.69, 9.17) is 0 Å². The van der Waals surface area contributed by atoms with Crippen molar-refractivity contribution in [2.75, 3.05) is 6.54 Å². The van der Waals surface area contributed by atoms with Crippen molar-refractivity contribution in [1.29, 1.82) is 0 Å². The van der Waals surface area contributed by atoms with E-state index in [0.717, 1.165) is 30.6 Å². The van der Waals surface area contributed by atoms with Crippen molar-refractivity contribution >= 4 is 0 Å². The van der Waals surface area contributed by atoms with Crippen LogP contribution in [0.3, 0.4) is 0 Å². The van der Waals surface area contributed by atoms with Crippen LogP contribution in [0.1, 0.15) is 38.9 Å². The largest absolute Gasteiger partial charge is 0.314 e. The highest BCUT2D eigenvalue weighted by Crippen LogP contribution is 2.34. The maximum absolute atomic E-state index is 4.35. The summed E-state index contributed by atoms with van der Waals surface area (Å²) in [6, 6.07) is 0.556. The van der Waals surface area contributed by atoms with Gasteiger partial charge in [0, 0.05) is 19.5 Å². The molecule has 1 aromatic rings. The minimum absolute atomic E-state index is 0.556. The molecule has 3 unspecified atom stereocenters. The molecule has 4 heteroatoms. The number of rotatable bonds is 5. The van der Waals surface area contributed by atoms with E-state index in [-0.39, 0.29) is 0 Å². The van der Waals surface area contributed by atoms with Crippen molar-refractivity contribution in [3.63, 3.8) is 0 Å². The van der Waals surface area contributed by atoms with Crippen LogP contribution >= 0.6 is 0 Å². The van der Waals surface area contributed by atoms with E-state index in [1.807, 2.05) is 11.7 Å². The third-order valence-corrected chi connectivity index (χ3v) is 4.12. The maximum Gasteiger partial charge on any atom is 0.138 e. The van der Waals surface area contributed by atoms with Crippen LogP contribution < -0.4 is 5.32 Å². The lowest BCUT2D eigenvalue weighted by Gasteiger charge is -2.27. The third-order valence-electron chi connectivity index (χ3n) is 4.12. The first-order valence-electron chi connectivity index (χ1n) is 6.78. The second kappa shape index (κ2) is 5.63. The summed E-state index contributed by atoms with van der Waals surface area (Å²) in [4.78, 5) is 4.35. The zero-order valence-electron chi connectivity index (χ0n) is 11.2. The van der Waals surface area contributed by atoms with Crippen LogP contribution in [0.25, 0.3) is 0 Å². The van der Waals surface area contributed by atoms with Crippen LogP contribution in [0.4, 0.5) is 0 Å². The fourth-order valence-corrected chi connectivity index (χ4v) is 3.11. The molecule has 0 amide bonds. The lowest BCUT2D eigenvalue weighted by molar-refractivity contribution is 0.293. The molecule has 0 bridgehead atoms. The molecule has 0 aromatic carbocycles. The number of nitrogens with one attached hydrogen (secondary N) is 1. The van der Waals surface area contributed by atoms with E-state index in [2.05, 4.69) is 29.2 Å². The van der Waals surface area contributed by atoms with Gasteiger partial charge in [0.15, 0.2) is 0 Å². The van der Waals surface area contributed by atoms with Crippen LogP contribution in [-0.2, 0) is 13.5 Å². The highest BCUT2D eigenvalue weighted by Gasteiger charge is 2.31. The van der Waals surface area contributed by atoms with E-state index < -0.39 is 0 Å². The number of hydrogen-bond acceptors (Lipinski definition) is 3. The Bertz CT molecular complexity index is 347. The summed E-state index contributed by atoms with van der Waals surface area (Å²) in [7, 11) is 1.98. The topological polar surface area (TPSA) is 42.7 Å². The van der Waals surface area contributed by atoms with Crippen molar-refractivity contribution in [3.8, 4) is 0 Å². The summed E-state index contributed by atoms with van der Waals surface area (Å²) >= 11 is 0. The van der Waals surface area contributed by atoms with Crippen molar-refractivity contribution in [1.82, 2.24) is 20.1 Å². The molecular formula is C13H24N4. The first-order chi connectivity index (χ1) is 8.22. The minimum atomic E-state index is 0.556. The fraction of sp³-hybridized carbons (Fsp3) is 0.846. The molecule has 4 nitrogen and oxygen atoms in total. The molecule has 0 spiro atoms. The second-order valence-electron chi connectivity index (χ2n) is 5.24. The summed E-state index contributed by atoms with van der Waals surface area (Å²) < 4.78 is 1.89. The molecule has 1 aliphatic carbocycles. The molecule has 1 N–H and O–H groups in total. The molecule has 0 radical (unpaired) electrons. The van der Waals surface area contributed by atoms with Gasteiger partial charge in [-0.25, -0.2) is 4.98 Å². The van der Waals surface area contributed by atoms with E-state index in [1.165, 1.54) is 19.3 Å². The molecular weight excluding hydrogens is 212 g/mol. The standard InChI is InChI=1S/C13H24N4/c1-4-14-12(11-7-5-6-10(11)2)8-13-15-9-16-17(13)3/h9-12,14H,4-8H2,1-3H3. The molecule has 0 saturated heterocycles. The number of aromatic nitrogens is 3. The molecule has 17 heavy (non-hydrogen) atoms. The van der Waals surface area contributed by atoms with Crippen LogP contribution in [0, 0.1) is 11.8 Å². The van der Waals surface area contributed by atoms with Gasteiger partial charge in [-0.3, -0.25) is 4.68 Å². The van der Waals surface area contributed by atoms with Gasteiger partial charge in [0.25, 0.3) is 0 Å². The van der Waals surface area contributed by atoms with Crippen molar-refractivity contribution in [3.05, 3.63) is 12.2 Å². The van der Waals surface area contributed by atoms with Crippen molar-refractivity contribution in [2.24, 2.45) is 18.9 Å². The number of nitrogens with zero attached hydrogens (tertiary/aromatic N) is 3. The Balaban J connectivity index is 2.04. The maximum atomic E-state index is 4.35. The van der Waals surface area contributed by atoms with Crippen molar-refractivity contribution < 1.29 is 0 Å². The normalized spacial score (nSPS) is 26.3. The first kappa shape index (κ1) is 12.6. The number of hydrogen-bond donors (Lipinski definition) is 1. The highest BCUT2D eigenvalue weighted by atomic mass is 15.3. The molecule has 1 aromatic heterocycles. The average molecular weight is 236 g/mol. The van der Waals surface area contributed by atoms with Gasteiger partial charge in [-0.15, -0.1) is 0 Å². The molecule has 1 saturated carbocycles. The summed E-state index contributed by atoms with van der Waals surface area (Å²) in [5.41, 5.74) is 0. The minimum Gasteiger partial charge on any atom is -0.314 e. The van der Waals surface area contributed by atoms with Crippen LogP contribution in [0.2, 0.25) is 0 Å². The lowest BCUT2D eigenvalue weighted by Crippen LogP contribution is -2.39. The third kappa shape index (κ3) is 2.86. The fourth-order valence-electron chi connectivity index (χ4n) is 3.11. The average Bonchev–Trinajstić information content (AvgIpc) is 2.88. The van der Waals surface area contributed by atoms with E-state index >= 15 is 0 Å². The summed E-state index contributed by atoms with van der Waals surface area (Å²) in [5, 5.41) is 7.79. The van der Waals surface area contributed by atoms with Gasteiger partial charge in [0.2, 0.25) is 0 Å². The second-order valence-corrected chi connectivity index (χ2v) is 5.24. The Morgan fingerprint density at radius 2 is 2.35 bits per heavy atom. The van der Waals surface area contributed by atoms with E-state index in [0.29, 0.717) is 6.04 Å². The Morgan fingerprint density at radius 3 is 2.88 bits per heavy atom. The Kier molecular flexibility index (Phi) is 4.15. The zero-order valence-corrected chi connectivity index (χ0v) is 11.2. The summed E-state index contributed by atoms with van der Waals surface area (Å²) in [5.74, 6) is 2.73. The lowest BCUT2D eigenvalue weighted by atomic mass is 9.88. The van der Waals surface area contributed by atoms with Gasteiger partial charge in [-0.2, -0.15) is 5.10 Å². The van der Waals surface area contributed by atoms with Gasteiger partial charge < -0.3 is 5.32 Å². The predicted molar refractivity (Wildman–Crippen MR) is 68.7 cm³/mol. The Morgan fingerprint density at radius 1 is 1.53 bits per heavy atom. The van der Waals surface area contributed by atoms with Crippen LogP contribution in [0.15, 0.2) is 6.33 Å². The number of likely N-dealkylation sites (N-methyl/N-ethyl adjacent to an activating group) is 1. The van der Waals surface area contributed by atoms with Crippen LogP contribution in [0.5, 0.6) is 0 Å². The number of aryl methyl sites for hydroxylation is 1. The van der Waals surface area contributed by atoms with Gasteiger partial charge >= 0.3 is 0 Å². The van der Waals surface area contributed by atoms with E-state index in [1.54, 1.807) is 6.33 Å². The molecule has 96 valence electrons. The first-order valence-corrected chi connectivity index (χ1v) is 6.78. The molecule has 1 fully saturated rings. The van der Waals surface area contributed by atoms with Gasteiger partial charge in [-0.05, 0) is 24.8 Å². The molecule has 1 heterocycles. The monoisotopic (exact) mass is 236 g/mol. The Hall–Kier alpha value is -0.900. The smallest absolute Gasteiger partial charge is 0.138 e. The molecule has 3 atom stereocenters. The van der Waals surface area contributed by atoms with Crippen molar-refractivity contribution in [2.45, 2.75) is 45.6 Å². The SMILES string of the molecule is CCNC(Cc1ncnn1C)C1CCCC1C. The highest BCUT2D eigenvalue weighted by molar-refractivity contribution is 4.94. The summed E-state index contributed by atoms with van der Waals surface area (Å²) in [6.45, 7) is 5.60. The molecule has 1 aliphatic rings. The van der Waals surface area contributed by atoms with Gasteiger partial charge in [0.1, 0.15) is 12.2 Å². The quantitative estimate of drug-likeness (QED) is 0.847. The van der Waals surface area contributed by atoms with Crippen LogP contribution in [-0.4, -0.2) is 27.4 Å². The van der Waals surface area contributed by atoms with E-state index in [9.17, 15) is 0 Å². The molecule has 2 rings (SSSR count). The summed E-state index contributed by atoms with van der Waals surface area (Å²) in [6.07, 6.45) is 6.77. The predicted octanol–water partition coefficient (Wildman–Crippen LogP) is 1.77. The van der Waals surface area contributed by atoms with Gasteiger partial charge in [-0.1, -0.05) is 26.7 Å². The Labute approximate surface area is 104 Å². The zero-order chi connectivity index (χ0) is 12.3. The molecule has 0 aliphatic heterocycles.